The number of nitrogens with one attached hydrogen (secondary N) is 1. The topological polar surface area (TPSA) is 103 Å². The monoisotopic (exact) mass is 423 g/mol. The van der Waals surface area contributed by atoms with Crippen LogP contribution in [-0.4, -0.2) is 48.2 Å². The SMILES string of the molecule is CC(Oc1nn2c(-c3ccccc3F)nnc2cc1C1(C)CCOCC1)c1ncn[nH]1. The van der Waals surface area contributed by atoms with Gasteiger partial charge in [0.25, 0.3) is 0 Å². The molecule has 4 aromatic rings. The van der Waals surface area contributed by atoms with E-state index in [9.17, 15) is 4.39 Å². The maximum Gasteiger partial charge on any atom is 0.236 e. The number of rotatable bonds is 5. The molecule has 0 saturated carbocycles. The molecule has 0 radical (unpaired) electrons. The fourth-order valence-corrected chi connectivity index (χ4v) is 3.87. The Balaban J connectivity index is 1.65. The first-order valence-electron chi connectivity index (χ1n) is 10.2. The van der Waals surface area contributed by atoms with Gasteiger partial charge in [-0.1, -0.05) is 19.1 Å². The molecule has 0 amide bonds. The molecule has 10 heteroatoms. The maximum atomic E-state index is 14.4. The van der Waals surface area contributed by atoms with E-state index in [1.54, 1.807) is 18.2 Å². The van der Waals surface area contributed by atoms with E-state index in [2.05, 4.69) is 32.3 Å². The molecule has 1 N–H and O–H groups in total. The summed E-state index contributed by atoms with van der Waals surface area (Å²) in [5, 5.41) is 19.9. The molecule has 1 aliphatic heterocycles. The minimum absolute atomic E-state index is 0.201. The highest BCUT2D eigenvalue weighted by molar-refractivity contribution is 5.60. The number of benzene rings is 1. The summed E-state index contributed by atoms with van der Waals surface area (Å²) in [6, 6.07) is 8.35. The van der Waals surface area contributed by atoms with E-state index < -0.39 is 11.9 Å². The first-order valence-corrected chi connectivity index (χ1v) is 10.2. The molecule has 1 aliphatic rings. The molecule has 1 saturated heterocycles. The van der Waals surface area contributed by atoms with Crippen molar-refractivity contribution < 1.29 is 13.9 Å². The molecule has 160 valence electrons. The van der Waals surface area contributed by atoms with Crippen molar-refractivity contribution in [2.45, 2.75) is 38.2 Å². The average molecular weight is 423 g/mol. The zero-order chi connectivity index (χ0) is 21.4. The van der Waals surface area contributed by atoms with Gasteiger partial charge in [-0.25, -0.2) is 9.37 Å². The summed E-state index contributed by atoms with van der Waals surface area (Å²) < 4.78 is 27.8. The van der Waals surface area contributed by atoms with Crippen molar-refractivity contribution in [2.24, 2.45) is 0 Å². The van der Waals surface area contributed by atoms with Crippen LogP contribution in [0.1, 0.15) is 44.2 Å². The first-order chi connectivity index (χ1) is 15.0. The van der Waals surface area contributed by atoms with Gasteiger partial charge in [-0.2, -0.15) is 9.61 Å². The number of H-pyrrole nitrogens is 1. The zero-order valence-electron chi connectivity index (χ0n) is 17.2. The molecule has 0 aliphatic carbocycles. The molecule has 0 bridgehead atoms. The van der Waals surface area contributed by atoms with Gasteiger partial charge in [0.05, 0.1) is 5.56 Å². The molecular weight excluding hydrogens is 401 g/mol. The van der Waals surface area contributed by atoms with Gasteiger partial charge < -0.3 is 9.47 Å². The van der Waals surface area contributed by atoms with Crippen molar-refractivity contribution in [2.75, 3.05) is 13.2 Å². The summed E-state index contributed by atoms with van der Waals surface area (Å²) in [5.74, 6) is 0.937. The number of nitrogens with zero attached hydrogens (tertiary/aromatic N) is 6. The van der Waals surface area contributed by atoms with Crippen LogP contribution in [0.4, 0.5) is 4.39 Å². The van der Waals surface area contributed by atoms with Gasteiger partial charge in [-0.15, -0.1) is 15.3 Å². The van der Waals surface area contributed by atoms with Gasteiger partial charge in [0.2, 0.25) is 5.88 Å². The number of aromatic nitrogens is 7. The van der Waals surface area contributed by atoms with Crippen molar-refractivity contribution in [1.29, 1.82) is 0 Å². The minimum atomic E-state index is -0.414. The lowest BCUT2D eigenvalue weighted by molar-refractivity contribution is 0.0544. The van der Waals surface area contributed by atoms with E-state index in [1.807, 2.05) is 13.0 Å². The molecule has 1 unspecified atom stereocenters. The Hall–Kier alpha value is -3.40. The molecule has 4 heterocycles. The predicted molar refractivity (Wildman–Crippen MR) is 109 cm³/mol. The fraction of sp³-hybridized carbons (Fsp3) is 0.381. The van der Waals surface area contributed by atoms with Crippen molar-refractivity contribution in [3.63, 3.8) is 0 Å². The summed E-state index contributed by atoms with van der Waals surface area (Å²) in [6.45, 7) is 5.35. The Bertz CT molecular complexity index is 1200. The molecule has 31 heavy (non-hydrogen) atoms. The van der Waals surface area contributed by atoms with Crippen LogP contribution in [-0.2, 0) is 10.2 Å². The third-order valence-corrected chi connectivity index (χ3v) is 5.83. The quantitative estimate of drug-likeness (QED) is 0.525. The van der Waals surface area contributed by atoms with Crippen molar-refractivity contribution >= 4 is 5.65 Å². The van der Waals surface area contributed by atoms with Gasteiger partial charge >= 0.3 is 0 Å². The van der Waals surface area contributed by atoms with Crippen LogP contribution in [0.25, 0.3) is 17.0 Å². The van der Waals surface area contributed by atoms with Crippen molar-refractivity contribution in [1.82, 2.24) is 35.0 Å². The highest BCUT2D eigenvalue weighted by Crippen LogP contribution is 2.40. The van der Waals surface area contributed by atoms with Crippen LogP contribution in [0.3, 0.4) is 0 Å². The normalized spacial score (nSPS) is 17.0. The lowest BCUT2D eigenvalue weighted by atomic mass is 9.76. The van der Waals surface area contributed by atoms with E-state index >= 15 is 0 Å². The molecule has 0 spiro atoms. The van der Waals surface area contributed by atoms with Crippen molar-refractivity contribution in [3.05, 3.63) is 53.9 Å². The van der Waals surface area contributed by atoms with E-state index in [0.29, 0.717) is 42.0 Å². The van der Waals surface area contributed by atoms with Gasteiger partial charge in [0.1, 0.15) is 12.1 Å². The van der Waals surface area contributed by atoms with E-state index in [1.165, 1.54) is 16.9 Å². The molecular formula is C21H22FN7O2. The van der Waals surface area contributed by atoms with Crippen LogP contribution in [0.15, 0.2) is 36.7 Å². The summed E-state index contributed by atoms with van der Waals surface area (Å²) >= 11 is 0. The van der Waals surface area contributed by atoms with Gasteiger partial charge in [0, 0.05) is 24.2 Å². The van der Waals surface area contributed by atoms with Crippen LogP contribution >= 0.6 is 0 Å². The molecule has 5 rings (SSSR count). The number of hydrogen-bond acceptors (Lipinski definition) is 7. The highest BCUT2D eigenvalue weighted by Gasteiger charge is 2.35. The van der Waals surface area contributed by atoms with Crippen molar-refractivity contribution in [3.8, 4) is 17.3 Å². The first kappa shape index (κ1) is 19.6. The Labute approximate surface area is 177 Å². The second-order valence-electron chi connectivity index (χ2n) is 7.94. The molecule has 3 aromatic heterocycles. The fourth-order valence-electron chi connectivity index (χ4n) is 3.87. The Kier molecular flexibility index (Phi) is 4.85. The lowest BCUT2D eigenvalue weighted by Crippen LogP contribution is -2.32. The van der Waals surface area contributed by atoms with E-state index in [-0.39, 0.29) is 5.41 Å². The lowest BCUT2D eigenvalue weighted by Gasteiger charge is -2.34. The smallest absolute Gasteiger partial charge is 0.236 e. The number of halogens is 1. The average Bonchev–Trinajstić information content (AvgIpc) is 3.44. The Morgan fingerprint density at radius 1 is 1.23 bits per heavy atom. The number of ether oxygens (including phenoxy) is 2. The van der Waals surface area contributed by atoms with Crippen LogP contribution in [0.2, 0.25) is 0 Å². The summed E-state index contributed by atoms with van der Waals surface area (Å²) in [5.41, 5.74) is 1.57. The Morgan fingerprint density at radius 3 is 2.77 bits per heavy atom. The summed E-state index contributed by atoms with van der Waals surface area (Å²) in [6.07, 6.45) is 2.67. The maximum absolute atomic E-state index is 14.4. The van der Waals surface area contributed by atoms with E-state index in [4.69, 9.17) is 14.6 Å². The number of fused-ring (bicyclic) bond motifs is 1. The number of hydrogen-bond donors (Lipinski definition) is 1. The minimum Gasteiger partial charge on any atom is -0.465 e. The van der Waals surface area contributed by atoms with Gasteiger partial charge in [0.15, 0.2) is 23.4 Å². The standard InChI is InChI=1S/C21H22FN7O2/c1-13(18-23-12-24-26-18)31-20-15(21(2)7-9-30-10-8-21)11-17-25-27-19(29(17)28-20)14-5-3-4-6-16(14)22/h3-6,11-13H,7-10H2,1-2H3,(H,23,24,26). The van der Waals surface area contributed by atoms with E-state index in [0.717, 1.165) is 18.4 Å². The van der Waals surface area contributed by atoms with Gasteiger partial charge in [-0.05, 0) is 38.0 Å². The second-order valence-corrected chi connectivity index (χ2v) is 7.94. The summed E-state index contributed by atoms with van der Waals surface area (Å²) in [7, 11) is 0. The Morgan fingerprint density at radius 2 is 2.03 bits per heavy atom. The second kappa shape index (κ2) is 7.69. The molecule has 1 fully saturated rings. The zero-order valence-corrected chi connectivity index (χ0v) is 17.2. The third kappa shape index (κ3) is 3.52. The third-order valence-electron chi connectivity index (χ3n) is 5.83. The van der Waals surface area contributed by atoms with Crippen LogP contribution in [0.5, 0.6) is 5.88 Å². The van der Waals surface area contributed by atoms with Crippen LogP contribution in [0, 0.1) is 5.82 Å². The molecule has 1 aromatic carbocycles. The molecule has 9 nitrogen and oxygen atoms in total. The van der Waals surface area contributed by atoms with Crippen LogP contribution < -0.4 is 4.74 Å². The highest BCUT2D eigenvalue weighted by atomic mass is 19.1. The molecule has 1 atom stereocenters. The summed E-state index contributed by atoms with van der Waals surface area (Å²) in [4.78, 5) is 4.18. The number of aromatic amines is 1. The largest absolute Gasteiger partial charge is 0.465 e. The predicted octanol–water partition coefficient (Wildman–Crippen LogP) is 3.26. The van der Waals surface area contributed by atoms with Gasteiger partial charge in [-0.3, -0.25) is 5.10 Å².